The number of carbonyl (C=O) groups excluding carboxylic acids is 2. The van der Waals surface area contributed by atoms with E-state index >= 15 is 0 Å². The third-order valence-electron chi connectivity index (χ3n) is 4.97. The number of aliphatic hydroxyl groups is 1. The van der Waals surface area contributed by atoms with Crippen LogP contribution in [0.5, 0.6) is 5.75 Å². The van der Waals surface area contributed by atoms with Crippen molar-refractivity contribution in [3.63, 3.8) is 0 Å². The summed E-state index contributed by atoms with van der Waals surface area (Å²) in [5.41, 5.74) is 0.616. The Morgan fingerprint density at radius 3 is 2.54 bits per heavy atom. The van der Waals surface area contributed by atoms with Gasteiger partial charge in [-0.2, -0.15) is 0 Å². The lowest BCUT2D eigenvalue weighted by atomic mass is 9.93. The topological polar surface area (TPSA) is 109 Å². The van der Waals surface area contributed by atoms with Gasteiger partial charge in [0.25, 0.3) is 0 Å². The molecule has 3 amide bonds. The molecule has 1 aromatic rings. The molecule has 4 N–H and O–H groups in total. The highest BCUT2D eigenvalue weighted by Gasteiger charge is 2.30. The third kappa shape index (κ3) is 5.46. The Hall–Kier alpha value is -2.58. The summed E-state index contributed by atoms with van der Waals surface area (Å²) in [5.74, 6) is 0.641. The number of nitrogens with one attached hydrogen (secondary N) is 3. The molecule has 0 unspecified atom stereocenters. The number of hydrogen-bond donors (Lipinski definition) is 4. The molecule has 28 heavy (non-hydrogen) atoms. The summed E-state index contributed by atoms with van der Waals surface area (Å²) in [5, 5.41) is 18.1. The first kappa shape index (κ1) is 20.2. The zero-order valence-electron chi connectivity index (χ0n) is 15.9. The van der Waals surface area contributed by atoms with Crippen molar-refractivity contribution in [2.24, 2.45) is 0 Å². The van der Waals surface area contributed by atoms with Crippen LogP contribution in [0.1, 0.15) is 25.7 Å². The lowest BCUT2D eigenvalue weighted by molar-refractivity contribution is -0.126. The standard InChI is InChI=1S/C20H27N3O5/c1-27-15-7-5-14(6-8-15)22-20(26)23-17-10-9-16(28-18(17)12-24)11-19(25)21-13-3-2-4-13/h5-10,13,16-18,24H,2-4,11-12H2,1H3,(H,21,25)(H2,22,23,26)/t16-,17-,18+/m0/s1. The lowest BCUT2D eigenvalue weighted by Crippen LogP contribution is -2.50. The summed E-state index contributed by atoms with van der Waals surface area (Å²) in [4.78, 5) is 24.3. The lowest BCUT2D eigenvalue weighted by Gasteiger charge is -2.32. The number of ether oxygens (including phenoxy) is 2. The molecule has 0 saturated heterocycles. The van der Waals surface area contributed by atoms with Gasteiger partial charge in [-0.15, -0.1) is 0 Å². The minimum Gasteiger partial charge on any atom is -0.497 e. The van der Waals surface area contributed by atoms with Gasteiger partial charge < -0.3 is 30.5 Å². The smallest absolute Gasteiger partial charge is 0.319 e. The van der Waals surface area contributed by atoms with Crippen molar-refractivity contribution in [3.05, 3.63) is 36.4 Å². The minimum atomic E-state index is -0.617. The normalized spacial score (nSPS) is 24.1. The number of anilines is 1. The van der Waals surface area contributed by atoms with Crippen LogP contribution in [0.4, 0.5) is 10.5 Å². The summed E-state index contributed by atoms with van der Waals surface area (Å²) in [7, 11) is 1.57. The van der Waals surface area contributed by atoms with Crippen molar-refractivity contribution < 1.29 is 24.2 Å². The summed E-state index contributed by atoms with van der Waals surface area (Å²) in [6, 6.07) is 6.32. The van der Waals surface area contributed by atoms with E-state index in [0.717, 1.165) is 19.3 Å². The molecular formula is C20H27N3O5. The Balaban J connectivity index is 1.49. The van der Waals surface area contributed by atoms with E-state index in [9.17, 15) is 14.7 Å². The number of urea groups is 1. The second-order valence-corrected chi connectivity index (χ2v) is 7.03. The van der Waals surface area contributed by atoms with E-state index < -0.39 is 24.3 Å². The molecule has 8 nitrogen and oxygen atoms in total. The molecule has 8 heteroatoms. The van der Waals surface area contributed by atoms with Crippen molar-refractivity contribution in [2.45, 2.75) is 50.0 Å². The molecule has 0 bridgehead atoms. The van der Waals surface area contributed by atoms with E-state index in [0.29, 0.717) is 11.4 Å². The molecule has 1 aliphatic carbocycles. The number of benzene rings is 1. The van der Waals surface area contributed by atoms with Crippen LogP contribution in [-0.2, 0) is 9.53 Å². The molecule has 0 aromatic heterocycles. The van der Waals surface area contributed by atoms with Gasteiger partial charge in [-0.25, -0.2) is 4.79 Å². The van der Waals surface area contributed by atoms with Crippen LogP contribution in [0.3, 0.4) is 0 Å². The van der Waals surface area contributed by atoms with Crippen LogP contribution in [-0.4, -0.2) is 55.1 Å². The van der Waals surface area contributed by atoms with Gasteiger partial charge in [0, 0.05) is 11.7 Å². The fraction of sp³-hybridized carbons (Fsp3) is 0.500. The van der Waals surface area contributed by atoms with E-state index in [1.54, 1.807) is 43.5 Å². The highest BCUT2D eigenvalue weighted by molar-refractivity contribution is 5.89. The first-order chi connectivity index (χ1) is 13.6. The Bertz CT molecular complexity index is 702. The summed E-state index contributed by atoms with van der Waals surface area (Å²) < 4.78 is 10.9. The fourth-order valence-electron chi connectivity index (χ4n) is 3.15. The number of methoxy groups -OCH3 is 1. The van der Waals surface area contributed by atoms with Gasteiger partial charge >= 0.3 is 6.03 Å². The van der Waals surface area contributed by atoms with Crippen molar-refractivity contribution in [1.82, 2.24) is 10.6 Å². The van der Waals surface area contributed by atoms with Crippen molar-refractivity contribution in [3.8, 4) is 5.75 Å². The maximum Gasteiger partial charge on any atom is 0.319 e. The molecule has 1 aliphatic heterocycles. The van der Waals surface area contributed by atoms with Crippen LogP contribution in [0.2, 0.25) is 0 Å². The molecule has 3 rings (SSSR count). The van der Waals surface area contributed by atoms with Crippen LogP contribution in [0.25, 0.3) is 0 Å². The van der Waals surface area contributed by atoms with Gasteiger partial charge in [0.05, 0.1) is 32.3 Å². The van der Waals surface area contributed by atoms with Crippen molar-refractivity contribution >= 4 is 17.6 Å². The minimum absolute atomic E-state index is 0.0558. The van der Waals surface area contributed by atoms with Gasteiger partial charge in [-0.05, 0) is 43.5 Å². The maximum absolute atomic E-state index is 12.2. The maximum atomic E-state index is 12.2. The molecule has 0 radical (unpaired) electrons. The van der Waals surface area contributed by atoms with Crippen molar-refractivity contribution in [2.75, 3.05) is 19.0 Å². The predicted octanol–water partition coefficient (Wildman–Crippen LogP) is 1.56. The summed E-state index contributed by atoms with van der Waals surface area (Å²) >= 11 is 0. The van der Waals surface area contributed by atoms with Gasteiger partial charge in [0.15, 0.2) is 0 Å². The Morgan fingerprint density at radius 2 is 1.93 bits per heavy atom. The van der Waals surface area contributed by atoms with Gasteiger partial charge in [0.2, 0.25) is 5.91 Å². The van der Waals surface area contributed by atoms with E-state index in [4.69, 9.17) is 9.47 Å². The molecule has 1 saturated carbocycles. The van der Waals surface area contributed by atoms with Crippen LogP contribution in [0.15, 0.2) is 36.4 Å². The number of amides is 3. The van der Waals surface area contributed by atoms with Crippen LogP contribution in [0, 0.1) is 0 Å². The van der Waals surface area contributed by atoms with Crippen molar-refractivity contribution in [1.29, 1.82) is 0 Å². The number of aliphatic hydroxyl groups excluding tert-OH is 1. The average Bonchev–Trinajstić information content (AvgIpc) is 2.66. The monoisotopic (exact) mass is 389 g/mol. The SMILES string of the molecule is COc1ccc(NC(=O)N[C@H]2C=C[C@@H](CC(=O)NC3CCC3)O[C@@H]2CO)cc1. The molecule has 152 valence electrons. The number of carbonyl (C=O) groups is 2. The highest BCUT2D eigenvalue weighted by atomic mass is 16.5. The second-order valence-electron chi connectivity index (χ2n) is 7.03. The largest absolute Gasteiger partial charge is 0.497 e. The predicted molar refractivity (Wildman–Crippen MR) is 104 cm³/mol. The average molecular weight is 389 g/mol. The molecule has 3 atom stereocenters. The van der Waals surface area contributed by atoms with Crippen LogP contribution < -0.4 is 20.7 Å². The van der Waals surface area contributed by atoms with E-state index in [1.807, 2.05) is 0 Å². The molecule has 1 heterocycles. The fourth-order valence-corrected chi connectivity index (χ4v) is 3.15. The van der Waals surface area contributed by atoms with E-state index in [1.165, 1.54) is 0 Å². The molecule has 0 spiro atoms. The molecule has 2 aliphatic rings. The first-order valence-corrected chi connectivity index (χ1v) is 9.53. The Morgan fingerprint density at radius 1 is 1.18 bits per heavy atom. The quantitative estimate of drug-likeness (QED) is 0.529. The summed E-state index contributed by atoms with van der Waals surface area (Å²) in [6.07, 6.45) is 5.90. The highest BCUT2D eigenvalue weighted by Crippen LogP contribution is 2.20. The first-order valence-electron chi connectivity index (χ1n) is 9.53. The van der Waals surface area contributed by atoms with Gasteiger partial charge in [0.1, 0.15) is 11.9 Å². The molecular weight excluding hydrogens is 362 g/mol. The van der Waals surface area contributed by atoms with E-state index in [2.05, 4.69) is 16.0 Å². The van der Waals surface area contributed by atoms with E-state index in [-0.39, 0.29) is 25.0 Å². The third-order valence-corrected chi connectivity index (χ3v) is 4.97. The number of rotatable bonds is 7. The second kappa shape index (κ2) is 9.57. The molecule has 1 fully saturated rings. The Kier molecular flexibility index (Phi) is 6.89. The van der Waals surface area contributed by atoms with Gasteiger partial charge in [-0.3, -0.25) is 4.79 Å². The Labute approximate surface area is 164 Å². The van der Waals surface area contributed by atoms with Crippen LogP contribution >= 0.6 is 0 Å². The molecule has 1 aromatic carbocycles. The zero-order valence-corrected chi connectivity index (χ0v) is 15.9. The summed E-state index contributed by atoms with van der Waals surface area (Å²) in [6.45, 7) is -0.265. The zero-order chi connectivity index (χ0) is 19.9. The number of hydrogen-bond acceptors (Lipinski definition) is 5. The van der Waals surface area contributed by atoms with Gasteiger partial charge in [-0.1, -0.05) is 12.2 Å².